The van der Waals surface area contributed by atoms with E-state index in [1.54, 1.807) is 18.2 Å². The van der Waals surface area contributed by atoms with Crippen molar-refractivity contribution in [2.75, 3.05) is 24.6 Å². The number of benzene rings is 2. The monoisotopic (exact) mass is 473 g/mol. The molecule has 33 heavy (non-hydrogen) atoms. The maximum atomic E-state index is 10.1. The van der Waals surface area contributed by atoms with Crippen LogP contribution in [0.4, 0.5) is 0 Å². The minimum Gasteiger partial charge on any atom is -0.504 e. The van der Waals surface area contributed by atoms with Crippen LogP contribution in [0.3, 0.4) is 0 Å². The third-order valence-corrected chi connectivity index (χ3v) is 7.70. The number of hydrogen-bond donors (Lipinski definition) is 4. The molecule has 0 spiro atoms. The molecule has 0 aliphatic heterocycles. The molecule has 0 fully saturated rings. The molecule has 2 aromatic carbocycles. The van der Waals surface area contributed by atoms with Gasteiger partial charge in [-0.25, -0.2) is 0 Å². The Morgan fingerprint density at radius 1 is 0.879 bits per heavy atom. The highest BCUT2D eigenvalue weighted by atomic mass is 32.2. The van der Waals surface area contributed by atoms with E-state index in [1.807, 2.05) is 23.9 Å². The maximum absolute atomic E-state index is 10.1. The lowest BCUT2D eigenvalue weighted by Crippen LogP contribution is -2.40. The standard InChI is InChI=1S/C27H39NO4S/c1-2-14-28(22-9-10-23-21(19-22)8-12-25(30)27(23)32)15-5-3-4-6-16-33-17-13-20-7-11-24(29)26(31)18-20/h7-8,11-12,18,22,29-32H,2-6,9-10,13-17,19H2,1H3. The Labute approximate surface area is 202 Å². The average Bonchev–Trinajstić information content (AvgIpc) is 2.81. The minimum atomic E-state index is -0.0585. The van der Waals surface area contributed by atoms with Gasteiger partial charge < -0.3 is 25.3 Å². The van der Waals surface area contributed by atoms with E-state index in [0.29, 0.717) is 6.04 Å². The first-order valence-corrected chi connectivity index (χ1v) is 13.5. The Balaban J connectivity index is 1.30. The lowest BCUT2D eigenvalue weighted by molar-refractivity contribution is 0.175. The molecule has 182 valence electrons. The van der Waals surface area contributed by atoms with Crippen LogP contribution >= 0.6 is 11.8 Å². The summed E-state index contributed by atoms with van der Waals surface area (Å²) in [7, 11) is 0. The molecule has 1 aliphatic rings. The zero-order valence-electron chi connectivity index (χ0n) is 19.8. The number of unbranched alkanes of at least 4 members (excludes halogenated alkanes) is 3. The van der Waals surface area contributed by atoms with Crippen LogP contribution in [0, 0.1) is 0 Å². The Morgan fingerprint density at radius 2 is 1.67 bits per heavy atom. The van der Waals surface area contributed by atoms with E-state index in [0.717, 1.165) is 62.1 Å². The number of phenolic OH excluding ortho intramolecular Hbond substituents is 4. The van der Waals surface area contributed by atoms with Gasteiger partial charge in [0.05, 0.1) is 0 Å². The highest BCUT2D eigenvalue weighted by molar-refractivity contribution is 7.99. The van der Waals surface area contributed by atoms with Crippen LogP contribution in [-0.4, -0.2) is 56.0 Å². The summed E-state index contributed by atoms with van der Waals surface area (Å²) in [5.74, 6) is 2.17. The minimum absolute atomic E-state index is 0.00423. The van der Waals surface area contributed by atoms with Crippen LogP contribution in [0.15, 0.2) is 30.3 Å². The molecular weight excluding hydrogens is 434 g/mol. The van der Waals surface area contributed by atoms with Crippen LogP contribution in [0.5, 0.6) is 23.0 Å². The lowest BCUT2D eigenvalue weighted by Gasteiger charge is -2.35. The molecule has 2 aromatic rings. The summed E-state index contributed by atoms with van der Waals surface area (Å²) >= 11 is 1.96. The first-order valence-electron chi connectivity index (χ1n) is 12.3. The molecule has 0 amide bonds. The fourth-order valence-electron chi connectivity index (χ4n) is 4.77. The normalized spacial score (nSPS) is 15.6. The Hall–Kier alpha value is -2.05. The predicted octanol–water partition coefficient (Wildman–Crippen LogP) is 5.61. The third-order valence-electron chi connectivity index (χ3n) is 6.63. The molecular formula is C27H39NO4S. The molecule has 1 atom stereocenters. The van der Waals surface area contributed by atoms with E-state index < -0.39 is 0 Å². The number of phenols is 4. The second-order valence-electron chi connectivity index (χ2n) is 9.10. The van der Waals surface area contributed by atoms with Gasteiger partial charge in [-0.3, -0.25) is 0 Å². The maximum Gasteiger partial charge on any atom is 0.160 e. The average molecular weight is 474 g/mol. The van der Waals surface area contributed by atoms with E-state index in [9.17, 15) is 20.4 Å². The van der Waals surface area contributed by atoms with Crippen molar-refractivity contribution in [2.24, 2.45) is 0 Å². The van der Waals surface area contributed by atoms with Crippen molar-refractivity contribution in [3.05, 3.63) is 47.0 Å². The summed E-state index contributed by atoms with van der Waals surface area (Å²) in [5, 5.41) is 38.8. The van der Waals surface area contributed by atoms with Crippen LogP contribution < -0.4 is 0 Å². The number of rotatable bonds is 13. The van der Waals surface area contributed by atoms with Crippen LogP contribution in [0.1, 0.15) is 62.1 Å². The molecule has 0 bridgehead atoms. The summed E-state index contributed by atoms with van der Waals surface area (Å²) in [6.45, 7) is 4.49. The SMILES string of the molecule is CCCN(CCCCCCSCCc1ccc(O)c(O)c1)C1CCc2c(ccc(O)c2O)C1. The van der Waals surface area contributed by atoms with Gasteiger partial charge in [-0.15, -0.1) is 0 Å². The van der Waals surface area contributed by atoms with Crippen molar-refractivity contribution in [3.8, 4) is 23.0 Å². The smallest absolute Gasteiger partial charge is 0.160 e. The molecule has 4 N–H and O–H groups in total. The van der Waals surface area contributed by atoms with Crippen LogP contribution in [0.2, 0.25) is 0 Å². The highest BCUT2D eigenvalue weighted by Gasteiger charge is 2.26. The van der Waals surface area contributed by atoms with Gasteiger partial charge in [-0.1, -0.05) is 31.9 Å². The zero-order valence-corrected chi connectivity index (χ0v) is 20.6. The van der Waals surface area contributed by atoms with E-state index in [1.165, 1.54) is 37.0 Å². The molecule has 3 rings (SSSR count). The number of fused-ring (bicyclic) bond motifs is 1. The van der Waals surface area contributed by atoms with Crippen molar-refractivity contribution >= 4 is 11.8 Å². The first kappa shape index (κ1) is 25.6. The van der Waals surface area contributed by atoms with Gasteiger partial charge in [-0.05, 0) is 98.9 Å². The Kier molecular flexibility index (Phi) is 10.1. The van der Waals surface area contributed by atoms with Crippen molar-refractivity contribution in [3.63, 3.8) is 0 Å². The fraction of sp³-hybridized carbons (Fsp3) is 0.556. The van der Waals surface area contributed by atoms with Gasteiger partial charge in [0.1, 0.15) is 0 Å². The second-order valence-corrected chi connectivity index (χ2v) is 10.3. The lowest BCUT2D eigenvalue weighted by atomic mass is 9.86. The van der Waals surface area contributed by atoms with E-state index in [2.05, 4.69) is 11.8 Å². The van der Waals surface area contributed by atoms with E-state index in [4.69, 9.17) is 0 Å². The van der Waals surface area contributed by atoms with Gasteiger partial charge in [0.15, 0.2) is 23.0 Å². The first-order chi connectivity index (χ1) is 16.0. The number of aryl methyl sites for hydroxylation is 1. The van der Waals surface area contributed by atoms with Crippen molar-refractivity contribution < 1.29 is 20.4 Å². The topological polar surface area (TPSA) is 84.2 Å². The van der Waals surface area contributed by atoms with Crippen molar-refractivity contribution in [2.45, 2.75) is 70.8 Å². The molecule has 1 unspecified atom stereocenters. The summed E-state index contributed by atoms with van der Waals surface area (Å²) in [6, 6.07) is 9.19. The van der Waals surface area contributed by atoms with E-state index in [-0.39, 0.29) is 23.0 Å². The van der Waals surface area contributed by atoms with Crippen LogP contribution in [0.25, 0.3) is 0 Å². The molecule has 0 radical (unpaired) electrons. The molecule has 0 aromatic heterocycles. The Bertz CT molecular complexity index is 889. The number of aromatic hydroxyl groups is 4. The summed E-state index contributed by atoms with van der Waals surface area (Å²) in [5.41, 5.74) is 3.18. The summed E-state index contributed by atoms with van der Waals surface area (Å²) in [6.07, 6.45) is 9.87. The van der Waals surface area contributed by atoms with Gasteiger partial charge >= 0.3 is 0 Å². The third kappa shape index (κ3) is 7.47. The van der Waals surface area contributed by atoms with Gasteiger partial charge in [0.25, 0.3) is 0 Å². The molecule has 0 saturated carbocycles. The molecule has 1 aliphatic carbocycles. The summed E-state index contributed by atoms with van der Waals surface area (Å²) in [4.78, 5) is 2.63. The van der Waals surface area contributed by atoms with E-state index >= 15 is 0 Å². The quantitative estimate of drug-likeness (QED) is 0.223. The molecule has 0 heterocycles. The Morgan fingerprint density at radius 3 is 2.45 bits per heavy atom. The van der Waals surface area contributed by atoms with Gasteiger partial charge in [-0.2, -0.15) is 11.8 Å². The summed E-state index contributed by atoms with van der Waals surface area (Å²) < 4.78 is 0. The number of nitrogens with zero attached hydrogens (tertiary/aromatic N) is 1. The van der Waals surface area contributed by atoms with Gasteiger partial charge in [0.2, 0.25) is 0 Å². The molecule has 0 saturated heterocycles. The second kappa shape index (κ2) is 13.0. The number of hydrogen-bond acceptors (Lipinski definition) is 6. The van der Waals surface area contributed by atoms with Crippen molar-refractivity contribution in [1.29, 1.82) is 0 Å². The molecule has 5 nitrogen and oxygen atoms in total. The van der Waals surface area contributed by atoms with Crippen molar-refractivity contribution in [1.82, 2.24) is 4.90 Å². The number of thioether (sulfide) groups is 1. The highest BCUT2D eigenvalue weighted by Crippen LogP contribution is 2.36. The predicted molar refractivity (Wildman–Crippen MR) is 137 cm³/mol. The molecule has 6 heteroatoms. The zero-order chi connectivity index (χ0) is 23.6. The largest absolute Gasteiger partial charge is 0.504 e. The van der Waals surface area contributed by atoms with Crippen LogP contribution in [-0.2, 0) is 19.3 Å². The fourth-order valence-corrected chi connectivity index (χ4v) is 5.76. The van der Waals surface area contributed by atoms with Gasteiger partial charge in [0, 0.05) is 11.6 Å².